The third kappa shape index (κ3) is 4.25. The van der Waals surface area contributed by atoms with Gasteiger partial charge in [0.1, 0.15) is 17.9 Å². The Balaban J connectivity index is 1.79. The molecule has 0 atom stereocenters. The molecule has 4 nitrogen and oxygen atoms in total. The maximum Gasteiger partial charge on any atom is 0.187 e. The number of benzene rings is 1. The van der Waals surface area contributed by atoms with Gasteiger partial charge in [0.05, 0.1) is 16.3 Å². The van der Waals surface area contributed by atoms with Crippen LogP contribution in [-0.2, 0) is 6.42 Å². The summed E-state index contributed by atoms with van der Waals surface area (Å²) in [5.41, 5.74) is 2.48. The Morgan fingerprint density at radius 1 is 1.23 bits per heavy atom. The van der Waals surface area contributed by atoms with Gasteiger partial charge in [0.25, 0.3) is 0 Å². The highest BCUT2D eigenvalue weighted by Gasteiger charge is 2.62. The molecule has 0 bridgehead atoms. The largest absolute Gasteiger partial charge is 0.489 e. The molecule has 0 spiro atoms. The van der Waals surface area contributed by atoms with Gasteiger partial charge in [-0.3, -0.25) is 9.78 Å². The molecular formula is C26H29ClN2O2. The van der Waals surface area contributed by atoms with Crippen molar-refractivity contribution < 1.29 is 9.53 Å². The van der Waals surface area contributed by atoms with Crippen molar-refractivity contribution in [1.82, 2.24) is 4.98 Å². The van der Waals surface area contributed by atoms with E-state index in [9.17, 15) is 4.79 Å². The van der Waals surface area contributed by atoms with Crippen molar-refractivity contribution in [1.29, 1.82) is 5.26 Å². The number of ether oxygens (including phenoxy) is 1. The Morgan fingerprint density at radius 2 is 1.90 bits per heavy atom. The SMILES string of the molecule is CCc1nc(C)ccc1C(=O)/C=C/C1C(C)(C)C(Oc2ccc(C#N)c(Cl)c2)C1(C)C. The van der Waals surface area contributed by atoms with E-state index in [1.165, 1.54) is 0 Å². The summed E-state index contributed by atoms with van der Waals surface area (Å²) >= 11 is 6.17. The third-order valence-corrected chi connectivity index (χ3v) is 6.74. The van der Waals surface area contributed by atoms with Gasteiger partial charge in [-0.1, -0.05) is 52.3 Å². The normalized spacial score (nSPS) is 21.4. The molecule has 162 valence electrons. The van der Waals surface area contributed by atoms with E-state index >= 15 is 0 Å². The first-order valence-electron chi connectivity index (χ1n) is 10.6. The average Bonchev–Trinajstić information content (AvgIpc) is 2.71. The summed E-state index contributed by atoms with van der Waals surface area (Å²) in [4.78, 5) is 17.4. The lowest BCUT2D eigenvalue weighted by atomic mass is 9.45. The standard InChI is InChI=1S/C26H29ClN2O2/c1-7-21-19(11-8-16(2)29-21)22(30)12-13-23-25(3,4)24(26(23,5)6)31-18-10-9-17(15-28)20(27)14-18/h8-14,23-24H,7H2,1-6H3/b13-12+. The van der Waals surface area contributed by atoms with Crippen LogP contribution in [0.25, 0.3) is 0 Å². The minimum Gasteiger partial charge on any atom is -0.489 e. The van der Waals surface area contributed by atoms with Gasteiger partial charge in [-0.15, -0.1) is 0 Å². The Bertz CT molecular complexity index is 1060. The van der Waals surface area contributed by atoms with Crippen LogP contribution in [0.1, 0.15) is 61.9 Å². The van der Waals surface area contributed by atoms with Crippen molar-refractivity contribution in [3.05, 3.63) is 70.0 Å². The zero-order valence-electron chi connectivity index (χ0n) is 19.0. The lowest BCUT2D eigenvalue weighted by Gasteiger charge is -2.62. The van der Waals surface area contributed by atoms with Crippen LogP contribution >= 0.6 is 11.6 Å². The number of hydrogen-bond donors (Lipinski definition) is 0. The first-order valence-corrected chi connectivity index (χ1v) is 11.0. The van der Waals surface area contributed by atoms with Crippen LogP contribution in [0.5, 0.6) is 5.75 Å². The number of pyridine rings is 1. The number of aryl methyl sites for hydroxylation is 2. The van der Waals surface area contributed by atoms with E-state index in [2.05, 4.69) is 38.7 Å². The summed E-state index contributed by atoms with van der Waals surface area (Å²) in [6.07, 6.45) is 4.36. The fourth-order valence-corrected chi connectivity index (χ4v) is 5.33. The molecule has 1 heterocycles. The van der Waals surface area contributed by atoms with Crippen LogP contribution in [0.3, 0.4) is 0 Å². The zero-order chi connectivity index (χ0) is 23.0. The van der Waals surface area contributed by atoms with Gasteiger partial charge < -0.3 is 4.74 Å². The third-order valence-electron chi connectivity index (χ3n) is 6.42. The maximum absolute atomic E-state index is 12.9. The van der Waals surface area contributed by atoms with Gasteiger partial charge in [0.2, 0.25) is 0 Å². The van der Waals surface area contributed by atoms with E-state index in [1.807, 2.05) is 32.1 Å². The first kappa shape index (κ1) is 23.0. The van der Waals surface area contributed by atoms with Crippen molar-refractivity contribution in [3.8, 4) is 11.8 Å². The summed E-state index contributed by atoms with van der Waals surface area (Å²) in [7, 11) is 0. The van der Waals surface area contributed by atoms with E-state index in [0.717, 1.165) is 17.8 Å². The first-order chi connectivity index (χ1) is 14.5. The molecule has 0 radical (unpaired) electrons. The maximum atomic E-state index is 12.9. The molecule has 31 heavy (non-hydrogen) atoms. The van der Waals surface area contributed by atoms with Gasteiger partial charge in [0.15, 0.2) is 5.78 Å². The highest BCUT2D eigenvalue weighted by molar-refractivity contribution is 6.31. The summed E-state index contributed by atoms with van der Waals surface area (Å²) in [6, 6.07) is 10.9. The molecule has 0 amide bonds. The Labute approximate surface area is 189 Å². The van der Waals surface area contributed by atoms with Crippen molar-refractivity contribution in [2.24, 2.45) is 16.7 Å². The van der Waals surface area contributed by atoms with E-state index in [0.29, 0.717) is 21.9 Å². The molecule has 0 N–H and O–H groups in total. The van der Waals surface area contributed by atoms with Crippen LogP contribution in [-0.4, -0.2) is 16.9 Å². The van der Waals surface area contributed by atoms with Gasteiger partial charge in [0, 0.05) is 28.2 Å². The molecule has 1 aromatic carbocycles. The van der Waals surface area contributed by atoms with Gasteiger partial charge in [-0.25, -0.2) is 0 Å². The molecule has 1 fully saturated rings. The van der Waals surface area contributed by atoms with E-state index in [-0.39, 0.29) is 28.6 Å². The summed E-state index contributed by atoms with van der Waals surface area (Å²) < 4.78 is 6.31. The number of rotatable bonds is 6. The number of carbonyl (C=O) groups excluding carboxylic acids is 1. The van der Waals surface area contributed by atoms with Crippen molar-refractivity contribution in [2.75, 3.05) is 0 Å². The zero-order valence-corrected chi connectivity index (χ0v) is 19.7. The minimum absolute atomic E-state index is 0.0146. The monoisotopic (exact) mass is 436 g/mol. The van der Waals surface area contributed by atoms with Crippen LogP contribution < -0.4 is 4.74 Å². The van der Waals surface area contributed by atoms with Crippen LogP contribution in [0.15, 0.2) is 42.5 Å². The molecule has 0 saturated heterocycles. The van der Waals surface area contributed by atoms with Gasteiger partial charge in [-0.05, 0) is 49.6 Å². The number of carbonyl (C=O) groups is 1. The Kier molecular flexibility index (Phi) is 6.30. The molecule has 3 rings (SSSR count). The van der Waals surface area contributed by atoms with Gasteiger partial charge >= 0.3 is 0 Å². The molecule has 5 heteroatoms. The highest BCUT2D eigenvalue weighted by Crippen LogP contribution is 2.60. The molecule has 1 saturated carbocycles. The lowest BCUT2D eigenvalue weighted by molar-refractivity contribution is -0.177. The number of ketones is 1. The second-order valence-corrected chi connectivity index (χ2v) is 9.80. The number of nitrogens with zero attached hydrogens (tertiary/aromatic N) is 2. The van der Waals surface area contributed by atoms with E-state index < -0.39 is 0 Å². The van der Waals surface area contributed by atoms with Gasteiger partial charge in [-0.2, -0.15) is 5.26 Å². The van der Waals surface area contributed by atoms with Crippen molar-refractivity contribution in [2.45, 2.75) is 54.1 Å². The summed E-state index contributed by atoms with van der Waals surface area (Å²) in [5, 5.41) is 9.45. The number of halogens is 1. The predicted octanol–water partition coefficient (Wildman–Crippen LogP) is 6.35. The molecule has 0 unspecified atom stereocenters. The summed E-state index contributed by atoms with van der Waals surface area (Å²) in [5.74, 6) is 0.789. The van der Waals surface area contributed by atoms with Crippen LogP contribution in [0.2, 0.25) is 5.02 Å². The molecule has 0 aliphatic heterocycles. The molecule has 1 aromatic heterocycles. The molecule has 2 aromatic rings. The highest BCUT2D eigenvalue weighted by atomic mass is 35.5. The minimum atomic E-state index is -0.181. The van der Waals surface area contributed by atoms with Crippen molar-refractivity contribution >= 4 is 17.4 Å². The van der Waals surface area contributed by atoms with E-state index in [4.69, 9.17) is 21.6 Å². The van der Waals surface area contributed by atoms with Crippen molar-refractivity contribution in [3.63, 3.8) is 0 Å². The molecule has 1 aliphatic rings. The molecule has 1 aliphatic carbocycles. The summed E-state index contributed by atoms with van der Waals surface area (Å²) in [6.45, 7) is 12.6. The smallest absolute Gasteiger partial charge is 0.187 e. The second kappa shape index (κ2) is 8.48. The molecular weight excluding hydrogens is 408 g/mol. The quantitative estimate of drug-likeness (QED) is 0.391. The number of nitriles is 1. The number of hydrogen-bond acceptors (Lipinski definition) is 4. The Hall–Kier alpha value is -2.64. The number of allylic oxidation sites excluding steroid dienone is 2. The lowest BCUT2D eigenvalue weighted by Crippen LogP contribution is -2.65. The second-order valence-electron chi connectivity index (χ2n) is 9.40. The van der Waals surface area contributed by atoms with E-state index in [1.54, 1.807) is 24.3 Å². The predicted molar refractivity (Wildman–Crippen MR) is 123 cm³/mol. The van der Waals surface area contributed by atoms with Crippen LogP contribution in [0, 0.1) is 35.0 Å². The fraction of sp³-hybridized carbons (Fsp3) is 0.423. The fourth-order valence-electron chi connectivity index (χ4n) is 5.12. The Morgan fingerprint density at radius 3 is 2.48 bits per heavy atom. The number of aromatic nitrogens is 1. The topological polar surface area (TPSA) is 63.0 Å². The van der Waals surface area contributed by atoms with Crippen LogP contribution in [0.4, 0.5) is 0 Å². The average molecular weight is 437 g/mol.